The van der Waals surface area contributed by atoms with Crippen LogP contribution in [0.5, 0.6) is 0 Å². The Hall–Kier alpha value is -2.02. The second-order valence-electron chi connectivity index (χ2n) is 9.36. The molecule has 0 unspecified atom stereocenters. The van der Waals surface area contributed by atoms with Crippen molar-refractivity contribution in [2.75, 3.05) is 6.54 Å². The molecule has 0 aliphatic carbocycles. The molecular weight excluding hydrogens is 402 g/mol. The molecule has 32 heavy (non-hydrogen) atoms. The second kappa shape index (κ2) is 9.46. The van der Waals surface area contributed by atoms with Crippen LogP contribution in [0.2, 0.25) is 0 Å². The van der Waals surface area contributed by atoms with Crippen LogP contribution in [-0.4, -0.2) is 47.9 Å². The molecule has 2 fully saturated rings. The van der Waals surface area contributed by atoms with Crippen LogP contribution < -0.4 is 0 Å². The van der Waals surface area contributed by atoms with Gasteiger partial charge in [0.25, 0.3) is 0 Å². The third-order valence-corrected chi connectivity index (χ3v) is 6.52. The maximum atomic E-state index is 6.54. The van der Waals surface area contributed by atoms with Gasteiger partial charge in [-0.1, -0.05) is 72.8 Å². The molecule has 0 bridgehead atoms. The Morgan fingerprint density at radius 1 is 0.906 bits per heavy atom. The molecule has 5 heteroatoms. The number of nitrogens with zero attached hydrogens (tertiary/aromatic N) is 1. The molecule has 170 valence electrons. The van der Waals surface area contributed by atoms with Crippen molar-refractivity contribution in [3.05, 3.63) is 83.9 Å². The van der Waals surface area contributed by atoms with E-state index >= 15 is 0 Å². The minimum Gasteiger partial charge on any atom is -0.368 e. The van der Waals surface area contributed by atoms with Gasteiger partial charge in [-0.15, -0.1) is 0 Å². The Kier molecular flexibility index (Phi) is 6.44. The van der Waals surface area contributed by atoms with E-state index in [2.05, 4.69) is 59.5 Å². The first-order valence-corrected chi connectivity index (χ1v) is 11.7. The summed E-state index contributed by atoms with van der Waals surface area (Å²) in [5, 5.41) is 0. The summed E-state index contributed by atoms with van der Waals surface area (Å²) in [6, 6.07) is 21.2. The highest BCUT2D eigenvalue weighted by molar-refractivity contribution is 5.16. The van der Waals surface area contributed by atoms with Crippen molar-refractivity contribution >= 4 is 0 Å². The fourth-order valence-electron chi connectivity index (χ4n) is 5.05. The van der Waals surface area contributed by atoms with Crippen LogP contribution >= 0.6 is 0 Å². The third-order valence-electron chi connectivity index (χ3n) is 6.52. The van der Waals surface area contributed by atoms with Crippen LogP contribution in [0.25, 0.3) is 0 Å². The molecule has 0 aromatic heterocycles. The summed E-state index contributed by atoms with van der Waals surface area (Å²) in [6.07, 6.45) is 5.67. The van der Waals surface area contributed by atoms with Crippen molar-refractivity contribution in [2.45, 2.75) is 76.3 Å². The molecule has 3 aliphatic heterocycles. The summed E-state index contributed by atoms with van der Waals surface area (Å²) >= 11 is 0. The summed E-state index contributed by atoms with van der Waals surface area (Å²) in [5.41, 5.74) is 2.46. The van der Waals surface area contributed by atoms with Gasteiger partial charge in [0.05, 0.1) is 6.61 Å². The third kappa shape index (κ3) is 4.82. The van der Waals surface area contributed by atoms with E-state index in [1.165, 1.54) is 5.56 Å². The molecule has 5 atom stereocenters. The lowest BCUT2D eigenvalue weighted by Crippen LogP contribution is -2.50. The Morgan fingerprint density at radius 2 is 1.62 bits per heavy atom. The molecule has 0 N–H and O–H groups in total. The van der Waals surface area contributed by atoms with Gasteiger partial charge in [-0.2, -0.15) is 0 Å². The maximum Gasteiger partial charge on any atom is 0.190 e. The van der Waals surface area contributed by atoms with Crippen molar-refractivity contribution in [1.29, 1.82) is 0 Å². The van der Waals surface area contributed by atoms with Crippen molar-refractivity contribution in [3.8, 4) is 0 Å². The highest BCUT2D eigenvalue weighted by Gasteiger charge is 2.57. The van der Waals surface area contributed by atoms with Crippen molar-refractivity contribution in [1.82, 2.24) is 4.90 Å². The smallest absolute Gasteiger partial charge is 0.190 e. The average Bonchev–Trinajstić information content (AvgIpc) is 3.15. The number of hydrogen-bond donors (Lipinski definition) is 0. The predicted molar refractivity (Wildman–Crippen MR) is 123 cm³/mol. The van der Waals surface area contributed by atoms with Gasteiger partial charge in [0, 0.05) is 19.1 Å². The van der Waals surface area contributed by atoms with Crippen LogP contribution in [0, 0.1) is 0 Å². The largest absolute Gasteiger partial charge is 0.368 e. The number of benzene rings is 2. The van der Waals surface area contributed by atoms with Gasteiger partial charge >= 0.3 is 0 Å². The van der Waals surface area contributed by atoms with E-state index in [9.17, 15) is 0 Å². The molecule has 2 saturated heterocycles. The normalized spacial score (nSPS) is 32.0. The minimum absolute atomic E-state index is 0.117. The summed E-state index contributed by atoms with van der Waals surface area (Å²) in [6.45, 7) is 6.18. The van der Waals surface area contributed by atoms with E-state index in [1.807, 2.05) is 32.0 Å². The van der Waals surface area contributed by atoms with Gasteiger partial charge in [-0.3, -0.25) is 4.90 Å². The molecule has 0 saturated carbocycles. The lowest BCUT2D eigenvalue weighted by molar-refractivity contribution is -0.226. The fourth-order valence-corrected chi connectivity index (χ4v) is 5.05. The van der Waals surface area contributed by atoms with E-state index in [0.717, 1.165) is 31.5 Å². The molecular formula is C27H33NO4. The minimum atomic E-state index is -0.663. The SMILES string of the molecule is CC1(C)O[C@H]2O[C@H]([C@@H]3CCC=CCN3Cc3ccccc3)[C@H](OCc3ccccc3)[C@H]2O1. The lowest BCUT2D eigenvalue weighted by atomic mass is 9.97. The Labute approximate surface area is 190 Å². The topological polar surface area (TPSA) is 40.2 Å². The van der Waals surface area contributed by atoms with Gasteiger partial charge in [0.2, 0.25) is 0 Å². The van der Waals surface area contributed by atoms with Crippen molar-refractivity contribution in [2.24, 2.45) is 0 Å². The van der Waals surface area contributed by atoms with Gasteiger partial charge in [0.15, 0.2) is 12.1 Å². The number of hydrogen-bond acceptors (Lipinski definition) is 5. The highest BCUT2D eigenvalue weighted by atomic mass is 16.8. The Morgan fingerprint density at radius 3 is 2.38 bits per heavy atom. The summed E-state index contributed by atoms with van der Waals surface area (Å²) < 4.78 is 25.4. The standard InChI is InChI=1S/C27H33NO4/c1-27(2)31-25-24(29-19-21-14-8-4-9-15-21)23(30-26(25)32-27)22-16-10-5-11-17-28(22)18-20-12-6-3-7-13-20/h3-9,11-15,22-26H,10,16-19H2,1-2H3/t22-,23+,24-,25+,26+/m0/s1. The number of fused-ring (bicyclic) bond motifs is 1. The van der Waals surface area contributed by atoms with Gasteiger partial charge in [0.1, 0.15) is 18.3 Å². The first-order chi connectivity index (χ1) is 15.6. The molecule has 0 radical (unpaired) electrons. The Bertz CT molecular complexity index is 900. The van der Waals surface area contributed by atoms with Gasteiger partial charge in [-0.05, 0) is 37.8 Å². The Balaban J connectivity index is 1.38. The van der Waals surface area contributed by atoms with E-state index in [0.29, 0.717) is 6.61 Å². The van der Waals surface area contributed by atoms with Gasteiger partial charge in [-0.25, -0.2) is 0 Å². The zero-order valence-corrected chi connectivity index (χ0v) is 18.9. The van der Waals surface area contributed by atoms with E-state index in [-0.39, 0.29) is 24.4 Å². The first kappa shape index (κ1) is 21.8. The van der Waals surface area contributed by atoms with Crippen molar-refractivity contribution < 1.29 is 18.9 Å². The second-order valence-corrected chi connectivity index (χ2v) is 9.36. The molecule has 2 aromatic carbocycles. The molecule has 2 aromatic rings. The fraction of sp³-hybridized carbons (Fsp3) is 0.481. The van der Waals surface area contributed by atoms with Crippen LogP contribution in [0.3, 0.4) is 0 Å². The number of ether oxygens (including phenoxy) is 4. The van der Waals surface area contributed by atoms with E-state index < -0.39 is 12.1 Å². The van der Waals surface area contributed by atoms with Crippen molar-refractivity contribution in [3.63, 3.8) is 0 Å². The van der Waals surface area contributed by atoms with E-state index in [1.54, 1.807) is 0 Å². The lowest BCUT2D eigenvalue weighted by Gasteiger charge is -2.37. The highest BCUT2D eigenvalue weighted by Crippen LogP contribution is 2.41. The molecule has 0 amide bonds. The summed E-state index contributed by atoms with van der Waals surface area (Å²) in [5.74, 6) is -0.663. The number of allylic oxidation sites excluding steroid dienone is 1. The maximum absolute atomic E-state index is 6.54. The zero-order chi connectivity index (χ0) is 22.0. The molecule has 5 nitrogen and oxygen atoms in total. The predicted octanol–water partition coefficient (Wildman–Crippen LogP) is 4.67. The first-order valence-electron chi connectivity index (χ1n) is 11.7. The van der Waals surface area contributed by atoms with Crippen LogP contribution in [-0.2, 0) is 32.1 Å². The summed E-state index contributed by atoms with van der Waals surface area (Å²) in [4.78, 5) is 2.51. The van der Waals surface area contributed by atoms with Crippen LogP contribution in [0.4, 0.5) is 0 Å². The monoisotopic (exact) mass is 435 g/mol. The summed E-state index contributed by atoms with van der Waals surface area (Å²) in [7, 11) is 0. The van der Waals surface area contributed by atoms with Crippen LogP contribution in [0.15, 0.2) is 72.8 Å². The van der Waals surface area contributed by atoms with Crippen LogP contribution in [0.1, 0.15) is 37.8 Å². The average molecular weight is 436 g/mol. The van der Waals surface area contributed by atoms with E-state index in [4.69, 9.17) is 18.9 Å². The quantitative estimate of drug-likeness (QED) is 0.617. The molecule has 0 spiro atoms. The zero-order valence-electron chi connectivity index (χ0n) is 18.9. The number of rotatable bonds is 6. The van der Waals surface area contributed by atoms with Gasteiger partial charge < -0.3 is 18.9 Å². The molecule has 3 heterocycles. The molecule has 5 rings (SSSR count). The molecule has 3 aliphatic rings.